The molecule has 33 heavy (non-hydrogen) atoms. The van der Waals surface area contributed by atoms with Crippen LogP contribution in [0, 0.1) is 0 Å². The molecular weight excluding hydrogens is 442 g/mol. The van der Waals surface area contributed by atoms with Crippen molar-refractivity contribution in [3.63, 3.8) is 0 Å². The molecule has 0 spiro atoms. The maximum absolute atomic E-state index is 12.9. The van der Waals surface area contributed by atoms with E-state index < -0.39 is 11.9 Å². The lowest BCUT2D eigenvalue weighted by atomic mass is 9.95. The lowest BCUT2D eigenvalue weighted by molar-refractivity contribution is -0.120. The fourth-order valence-electron chi connectivity index (χ4n) is 3.98. The van der Waals surface area contributed by atoms with Crippen LogP contribution in [0.1, 0.15) is 49.4 Å². The van der Waals surface area contributed by atoms with Crippen molar-refractivity contribution in [3.05, 3.63) is 59.1 Å². The highest BCUT2D eigenvalue weighted by Gasteiger charge is 2.31. The monoisotopic (exact) mass is 467 g/mol. The van der Waals surface area contributed by atoms with Gasteiger partial charge in [-0.2, -0.15) is 0 Å². The molecule has 1 unspecified atom stereocenters. The molecule has 3 amide bonds. The van der Waals surface area contributed by atoms with Crippen LogP contribution < -0.4 is 21.1 Å². The maximum Gasteiger partial charge on any atom is 0.292 e. The predicted octanol–water partition coefficient (Wildman–Crippen LogP) is 3.68. The Morgan fingerprint density at radius 2 is 1.79 bits per heavy atom. The number of amides is 3. The Bertz CT molecular complexity index is 1080. The summed E-state index contributed by atoms with van der Waals surface area (Å²) in [5.41, 5.74) is 4.09. The molecule has 4 rings (SSSR count). The molecule has 1 fully saturated rings. The van der Waals surface area contributed by atoms with Crippen LogP contribution in [0.5, 0.6) is 0 Å². The predicted molar refractivity (Wildman–Crippen MR) is 128 cm³/mol. The van der Waals surface area contributed by atoms with E-state index in [1.807, 2.05) is 6.07 Å². The van der Waals surface area contributed by atoms with E-state index in [1.165, 1.54) is 11.4 Å². The first kappa shape index (κ1) is 22.8. The molecule has 1 atom stereocenters. The number of carbonyl (C=O) groups is 3. The molecule has 0 bridgehead atoms. The Balaban J connectivity index is 1.47. The van der Waals surface area contributed by atoms with Gasteiger partial charge in [-0.25, -0.2) is 10.0 Å². The Morgan fingerprint density at radius 3 is 2.52 bits per heavy atom. The summed E-state index contributed by atoms with van der Waals surface area (Å²) in [6, 6.07) is 13.1. The lowest BCUT2D eigenvalue weighted by Gasteiger charge is -2.30. The number of carbonyl (C=O) groups excluding carboxylic acids is 3. The summed E-state index contributed by atoms with van der Waals surface area (Å²) in [7, 11) is 0. The number of hydrazine groups is 1. The van der Waals surface area contributed by atoms with Gasteiger partial charge in [0.2, 0.25) is 5.84 Å². The molecule has 172 valence electrons. The van der Waals surface area contributed by atoms with Crippen LogP contribution >= 0.6 is 11.6 Å². The van der Waals surface area contributed by atoms with E-state index >= 15 is 0 Å². The minimum atomic E-state index is -0.728. The minimum absolute atomic E-state index is 0.00545. The van der Waals surface area contributed by atoms with Gasteiger partial charge in [-0.3, -0.25) is 19.8 Å². The van der Waals surface area contributed by atoms with Crippen molar-refractivity contribution >= 4 is 46.5 Å². The standard InChI is InChI=1S/C24H26ClN5O3/c1-15-24(33)30(18-10-6-3-7-11-18)29-21(26-15)23(32)28-17-12-13-20(25)19(14-17)22(31)27-16-8-4-2-5-9-16/h3,6-7,10-16H,2,4-5,8-9H2,1H3,(H,26,29)(H,27,31)(H,28,32). The van der Waals surface area contributed by atoms with Crippen molar-refractivity contribution in [2.75, 3.05) is 10.3 Å². The molecule has 8 nitrogen and oxygen atoms in total. The van der Waals surface area contributed by atoms with Crippen LogP contribution in [0.25, 0.3) is 0 Å². The van der Waals surface area contributed by atoms with E-state index in [9.17, 15) is 14.4 Å². The average Bonchev–Trinajstić information content (AvgIpc) is 2.83. The summed E-state index contributed by atoms with van der Waals surface area (Å²) in [5.74, 6) is -1.07. The number of para-hydroxylation sites is 1. The van der Waals surface area contributed by atoms with Crippen molar-refractivity contribution in [3.8, 4) is 0 Å². The molecule has 9 heteroatoms. The number of rotatable bonds is 5. The van der Waals surface area contributed by atoms with E-state index in [-0.39, 0.29) is 23.7 Å². The van der Waals surface area contributed by atoms with Gasteiger partial charge in [0.1, 0.15) is 6.04 Å². The molecule has 1 aliphatic carbocycles. The number of hydrogen-bond acceptors (Lipinski definition) is 5. The summed E-state index contributed by atoms with van der Waals surface area (Å²) in [6.07, 6.45) is 5.31. The normalized spacial score (nSPS) is 18.8. The summed E-state index contributed by atoms with van der Waals surface area (Å²) >= 11 is 6.26. The van der Waals surface area contributed by atoms with Crippen LogP contribution in [0.3, 0.4) is 0 Å². The van der Waals surface area contributed by atoms with Crippen molar-refractivity contribution < 1.29 is 14.4 Å². The van der Waals surface area contributed by atoms with E-state index in [4.69, 9.17) is 11.6 Å². The summed E-state index contributed by atoms with van der Waals surface area (Å²) in [6.45, 7) is 1.63. The Hall–Kier alpha value is -3.39. The quantitative estimate of drug-likeness (QED) is 0.624. The second-order valence-corrected chi connectivity index (χ2v) is 8.64. The summed E-state index contributed by atoms with van der Waals surface area (Å²) < 4.78 is 0. The Labute approximate surface area is 197 Å². The fraction of sp³-hybridized carbons (Fsp3) is 0.333. The third kappa shape index (κ3) is 5.34. The van der Waals surface area contributed by atoms with E-state index in [0.717, 1.165) is 25.7 Å². The van der Waals surface area contributed by atoms with E-state index in [1.54, 1.807) is 49.4 Å². The van der Waals surface area contributed by atoms with E-state index in [2.05, 4.69) is 21.1 Å². The fourth-order valence-corrected chi connectivity index (χ4v) is 4.18. The first-order valence-electron chi connectivity index (χ1n) is 11.1. The molecule has 0 saturated heterocycles. The molecule has 1 saturated carbocycles. The third-order valence-electron chi connectivity index (χ3n) is 5.76. The minimum Gasteiger partial charge on any atom is -0.349 e. The SMILES string of the molecule is CC1N=C(C(=O)Nc2ccc(Cl)c(C(=O)NC3CCCCC3)c2)NN(c2ccccc2)C1=O. The number of hydrogen-bond donors (Lipinski definition) is 3. The van der Waals surface area contributed by atoms with Crippen LogP contribution in [0.2, 0.25) is 5.02 Å². The zero-order chi connectivity index (χ0) is 23.4. The average molecular weight is 468 g/mol. The number of amidine groups is 1. The molecule has 2 aromatic rings. The molecule has 0 aromatic heterocycles. The van der Waals surface area contributed by atoms with Gasteiger partial charge >= 0.3 is 0 Å². The van der Waals surface area contributed by atoms with Crippen LogP contribution in [0.4, 0.5) is 11.4 Å². The van der Waals surface area contributed by atoms with Crippen molar-refractivity contribution in [2.45, 2.75) is 51.1 Å². The lowest BCUT2D eigenvalue weighted by Crippen LogP contribution is -2.57. The van der Waals surface area contributed by atoms with Crippen molar-refractivity contribution in [1.82, 2.24) is 10.7 Å². The second kappa shape index (κ2) is 10.0. The summed E-state index contributed by atoms with van der Waals surface area (Å²) in [4.78, 5) is 42.4. The van der Waals surface area contributed by atoms with Gasteiger partial charge in [-0.05, 0) is 50.1 Å². The molecule has 1 heterocycles. The molecule has 2 aliphatic rings. The number of benzene rings is 2. The molecule has 1 aliphatic heterocycles. The Morgan fingerprint density at radius 1 is 1.06 bits per heavy atom. The van der Waals surface area contributed by atoms with Gasteiger partial charge in [0.15, 0.2) is 0 Å². The second-order valence-electron chi connectivity index (χ2n) is 8.23. The van der Waals surface area contributed by atoms with Gasteiger partial charge in [-0.1, -0.05) is 49.1 Å². The number of nitrogens with zero attached hydrogens (tertiary/aromatic N) is 2. The number of aliphatic imine (C=N–C) groups is 1. The van der Waals surface area contributed by atoms with Gasteiger partial charge in [0.25, 0.3) is 17.7 Å². The largest absolute Gasteiger partial charge is 0.349 e. The van der Waals surface area contributed by atoms with Gasteiger partial charge in [-0.15, -0.1) is 0 Å². The van der Waals surface area contributed by atoms with Crippen LogP contribution in [-0.2, 0) is 9.59 Å². The molecule has 2 aromatic carbocycles. The van der Waals surface area contributed by atoms with Crippen LogP contribution in [0.15, 0.2) is 53.5 Å². The number of nitrogens with one attached hydrogen (secondary N) is 3. The third-order valence-corrected chi connectivity index (χ3v) is 6.09. The molecule has 0 radical (unpaired) electrons. The van der Waals surface area contributed by atoms with Gasteiger partial charge in [0, 0.05) is 11.7 Å². The first-order valence-corrected chi connectivity index (χ1v) is 11.5. The zero-order valence-corrected chi connectivity index (χ0v) is 19.1. The van der Waals surface area contributed by atoms with Gasteiger partial charge in [0.05, 0.1) is 16.3 Å². The van der Waals surface area contributed by atoms with E-state index in [0.29, 0.717) is 22.0 Å². The Kier molecular flexibility index (Phi) is 6.93. The highest BCUT2D eigenvalue weighted by molar-refractivity contribution is 6.43. The van der Waals surface area contributed by atoms with Crippen molar-refractivity contribution in [2.24, 2.45) is 4.99 Å². The first-order chi connectivity index (χ1) is 15.9. The summed E-state index contributed by atoms with van der Waals surface area (Å²) in [5, 5.41) is 7.39. The molecular formula is C24H26ClN5O3. The highest BCUT2D eigenvalue weighted by Crippen LogP contribution is 2.23. The van der Waals surface area contributed by atoms with Gasteiger partial charge < -0.3 is 10.6 Å². The topological polar surface area (TPSA) is 103 Å². The van der Waals surface area contributed by atoms with Crippen LogP contribution in [-0.4, -0.2) is 35.6 Å². The maximum atomic E-state index is 12.9. The zero-order valence-electron chi connectivity index (χ0n) is 18.3. The smallest absolute Gasteiger partial charge is 0.292 e. The highest BCUT2D eigenvalue weighted by atomic mass is 35.5. The van der Waals surface area contributed by atoms with Crippen molar-refractivity contribution in [1.29, 1.82) is 0 Å². The number of halogens is 1. The molecule has 3 N–H and O–H groups in total. The number of anilines is 2.